The molecule has 2 amide bonds. The van der Waals surface area contributed by atoms with Crippen molar-refractivity contribution in [1.82, 2.24) is 15.3 Å². The van der Waals surface area contributed by atoms with Gasteiger partial charge in [-0.1, -0.05) is 67.8 Å². The van der Waals surface area contributed by atoms with E-state index in [2.05, 4.69) is 38.8 Å². The first-order valence-corrected chi connectivity index (χ1v) is 11.9. The van der Waals surface area contributed by atoms with Crippen LogP contribution in [0.5, 0.6) is 0 Å². The monoisotopic (exact) mass is 448 g/mol. The number of carbonyl (C=O) groups excluding carboxylic acids is 1. The second-order valence-corrected chi connectivity index (χ2v) is 8.70. The molecule has 0 spiro atoms. The largest absolute Gasteiger partial charge is 0.335 e. The van der Waals surface area contributed by atoms with Gasteiger partial charge in [0.25, 0.3) is 0 Å². The molecule has 2 heterocycles. The lowest BCUT2D eigenvalue weighted by molar-refractivity contribution is 0.244. The molecule has 5 rings (SSSR count). The zero-order valence-corrected chi connectivity index (χ0v) is 19.1. The van der Waals surface area contributed by atoms with Crippen LogP contribution in [0, 0.1) is 0 Å². The topological polar surface area (TPSA) is 66.9 Å². The summed E-state index contributed by atoms with van der Waals surface area (Å²) in [6.07, 6.45) is 9.47. The van der Waals surface area contributed by atoms with Gasteiger partial charge < -0.3 is 10.6 Å². The van der Waals surface area contributed by atoms with Gasteiger partial charge in [0.05, 0.1) is 11.4 Å². The predicted molar refractivity (Wildman–Crippen MR) is 137 cm³/mol. The van der Waals surface area contributed by atoms with Crippen LogP contribution in [-0.4, -0.2) is 22.0 Å². The number of hydrogen-bond donors (Lipinski definition) is 2. The molecule has 0 atom stereocenters. The van der Waals surface area contributed by atoms with E-state index in [1.54, 1.807) is 6.20 Å². The van der Waals surface area contributed by atoms with Crippen LogP contribution in [0.25, 0.3) is 33.6 Å². The molecule has 0 bridgehead atoms. The van der Waals surface area contributed by atoms with Crippen LogP contribution >= 0.6 is 0 Å². The number of amides is 2. The molecule has 34 heavy (non-hydrogen) atoms. The highest BCUT2D eigenvalue weighted by Gasteiger charge is 2.15. The van der Waals surface area contributed by atoms with Crippen molar-refractivity contribution in [3.63, 3.8) is 0 Å². The number of carbonyl (C=O) groups is 1. The molecule has 4 aromatic rings. The van der Waals surface area contributed by atoms with Crippen molar-refractivity contribution in [1.29, 1.82) is 0 Å². The highest BCUT2D eigenvalue weighted by atomic mass is 16.2. The Labute approximate surface area is 200 Å². The van der Waals surface area contributed by atoms with Gasteiger partial charge in [-0.25, -0.2) is 4.79 Å². The minimum atomic E-state index is -0.126. The maximum Gasteiger partial charge on any atom is 0.319 e. The molecule has 2 aromatic carbocycles. The maximum atomic E-state index is 12.4. The third-order valence-corrected chi connectivity index (χ3v) is 6.32. The molecule has 1 aliphatic carbocycles. The Morgan fingerprint density at radius 3 is 2.06 bits per heavy atom. The van der Waals surface area contributed by atoms with E-state index in [1.165, 1.54) is 19.3 Å². The number of pyridine rings is 2. The van der Waals surface area contributed by atoms with E-state index in [0.717, 1.165) is 52.2 Å². The van der Waals surface area contributed by atoms with Gasteiger partial charge in [-0.05, 0) is 59.9 Å². The van der Waals surface area contributed by atoms with Gasteiger partial charge in [0.1, 0.15) is 0 Å². The normalized spacial score (nSPS) is 13.9. The molecule has 0 unspecified atom stereocenters. The number of anilines is 1. The van der Waals surface area contributed by atoms with E-state index in [4.69, 9.17) is 0 Å². The second-order valence-electron chi connectivity index (χ2n) is 8.70. The quantitative estimate of drug-likeness (QED) is 0.348. The summed E-state index contributed by atoms with van der Waals surface area (Å²) in [5, 5.41) is 6.07. The molecule has 2 aromatic heterocycles. The van der Waals surface area contributed by atoms with E-state index in [1.807, 2.05) is 66.9 Å². The number of rotatable bonds is 5. The van der Waals surface area contributed by atoms with Crippen molar-refractivity contribution >= 4 is 11.7 Å². The van der Waals surface area contributed by atoms with Gasteiger partial charge in [-0.2, -0.15) is 0 Å². The van der Waals surface area contributed by atoms with Crippen molar-refractivity contribution in [2.45, 2.75) is 38.1 Å². The average molecular weight is 449 g/mol. The Morgan fingerprint density at radius 2 is 1.38 bits per heavy atom. The molecule has 2 N–H and O–H groups in total. The van der Waals surface area contributed by atoms with Crippen LogP contribution < -0.4 is 10.6 Å². The summed E-state index contributed by atoms with van der Waals surface area (Å²) in [4.78, 5) is 21.4. The summed E-state index contributed by atoms with van der Waals surface area (Å²) in [5.74, 6) is 0. The number of nitrogens with zero attached hydrogens (tertiary/aromatic N) is 2. The van der Waals surface area contributed by atoms with Crippen LogP contribution in [0.2, 0.25) is 0 Å². The standard InChI is InChI=1S/C29H28N4O/c34-29(32-23-8-2-1-3-9-23)33-24-16-13-21(14-17-24)25-10-4-5-11-26(25)22-15-18-28(31-20-22)27-12-6-7-19-30-27/h4-7,10-20,23H,1-3,8-9H2,(H2,32,33,34). The van der Waals surface area contributed by atoms with Crippen molar-refractivity contribution in [3.05, 3.63) is 91.3 Å². The summed E-state index contributed by atoms with van der Waals surface area (Å²) in [6.45, 7) is 0. The molecular weight excluding hydrogens is 420 g/mol. The van der Waals surface area contributed by atoms with Crippen molar-refractivity contribution in [2.75, 3.05) is 5.32 Å². The first-order chi connectivity index (χ1) is 16.8. The Balaban J connectivity index is 1.31. The minimum absolute atomic E-state index is 0.126. The van der Waals surface area contributed by atoms with Crippen LogP contribution in [-0.2, 0) is 0 Å². The fraction of sp³-hybridized carbons (Fsp3) is 0.207. The average Bonchev–Trinajstić information content (AvgIpc) is 2.90. The SMILES string of the molecule is O=C(Nc1ccc(-c2ccccc2-c2ccc(-c3ccccn3)nc2)cc1)NC1CCCCC1. The minimum Gasteiger partial charge on any atom is -0.335 e. The van der Waals surface area contributed by atoms with Crippen LogP contribution in [0.3, 0.4) is 0 Å². The molecule has 0 radical (unpaired) electrons. The lowest BCUT2D eigenvalue weighted by Crippen LogP contribution is -2.38. The van der Waals surface area contributed by atoms with Crippen molar-refractivity contribution in [3.8, 4) is 33.6 Å². The zero-order chi connectivity index (χ0) is 23.2. The summed E-state index contributed by atoms with van der Waals surface area (Å²) in [5.41, 5.74) is 6.86. The molecule has 170 valence electrons. The van der Waals surface area contributed by atoms with Crippen LogP contribution in [0.15, 0.2) is 91.3 Å². The first-order valence-electron chi connectivity index (χ1n) is 11.9. The zero-order valence-electron chi connectivity index (χ0n) is 19.1. The first kappa shape index (κ1) is 21.8. The van der Waals surface area contributed by atoms with E-state index < -0.39 is 0 Å². The lowest BCUT2D eigenvalue weighted by Gasteiger charge is -2.22. The smallest absolute Gasteiger partial charge is 0.319 e. The number of hydrogen-bond acceptors (Lipinski definition) is 3. The van der Waals surface area contributed by atoms with E-state index in [-0.39, 0.29) is 12.1 Å². The van der Waals surface area contributed by atoms with Gasteiger partial charge in [0.15, 0.2) is 0 Å². The molecule has 5 heteroatoms. The summed E-state index contributed by atoms with van der Waals surface area (Å²) >= 11 is 0. The fourth-order valence-corrected chi connectivity index (χ4v) is 4.54. The number of nitrogens with one attached hydrogen (secondary N) is 2. The molecule has 1 aliphatic rings. The molecule has 0 saturated heterocycles. The van der Waals surface area contributed by atoms with E-state index in [9.17, 15) is 4.79 Å². The lowest BCUT2D eigenvalue weighted by atomic mass is 9.95. The number of urea groups is 1. The Kier molecular flexibility index (Phi) is 6.61. The molecular formula is C29H28N4O. The molecule has 1 saturated carbocycles. The third kappa shape index (κ3) is 5.15. The maximum absolute atomic E-state index is 12.4. The van der Waals surface area contributed by atoms with Gasteiger partial charge >= 0.3 is 6.03 Å². The van der Waals surface area contributed by atoms with E-state index >= 15 is 0 Å². The van der Waals surface area contributed by atoms with Crippen molar-refractivity contribution in [2.24, 2.45) is 0 Å². The summed E-state index contributed by atoms with van der Waals surface area (Å²) < 4.78 is 0. The highest BCUT2D eigenvalue weighted by molar-refractivity contribution is 5.90. The number of benzene rings is 2. The summed E-state index contributed by atoms with van der Waals surface area (Å²) in [6, 6.07) is 26.4. The van der Waals surface area contributed by atoms with Crippen LogP contribution in [0.4, 0.5) is 10.5 Å². The Hall–Kier alpha value is -3.99. The number of aromatic nitrogens is 2. The van der Waals surface area contributed by atoms with Gasteiger partial charge in [-0.15, -0.1) is 0 Å². The molecule has 5 nitrogen and oxygen atoms in total. The predicted octanol–water partition coefficient (Wildman–Crippen LogP) is 6.93. The van der Waals surface area contributed by atoms with Crippen LogP contribution in [0.1, 0.15) is 32.1 Å². The second kappa shape index (κ2) is 10.3. The third-order valence-electron chi connectivity index (χ3n) is 6.32. The van der Waals surface area contributed by atoms with Gasteiger partial charge in [0, 0.05) is 29.7 Å². The van der Waals surface area contributed by atoms with Gasteiger partial charge in [-0.3, -0.25) is 9.97 Å². The van der Waals surface area contributed by atoms with Gasteiger partial charge in [0.2, 0.25) is 0 Å². The van der Waals surface area contributed by atoms with Crippen molar-refractivity contribution < 1.29 is 4.79 Å². The molecule has 1 fully saturated rings. The Morgan fingerprint density at radius 1 is 0.706 bits per heavy atom. The summed E-state index contributed by atoms with van der Waals surface area (Å²) in [7, 11) is 0. The highest BCUT2D eigenvalue weighted by Crippen LogP contribution is 2.33. The molecule has 0 aliphatic heterocycles. The van der Waals surface area contributed by atoms with E-state index in [0.29, 0.717) is 0 Å². The Bertz CT molecular complexity index is 1230. The fourth-order valence-electron chi connectivity index (χ4n) is 4.54.